The fourth-order valence-electron chi connectivity index (χ4n) is 3.54. The zero-order valence-electron chi connectivity index (χ0n) is 13.3. The highest BCUT2D eigenvalue weighted by Crippen LogP contribution is 2.38. The molecular weight excluding hydrogens is 351 g/mol. The lowest BCUT2D eigenvalue weighted by Gasteiger charge is -2.36. The van der Waals surface area contributed by atoms with E-state index >= 15 is 0 Å². The number of hydrogen-bond donors (Lipinski definition) is 1. The van der Waals surface area contributed by atoms with E-state index in [9.17, 15) is 14.4 Å². The van der Waals surface area contributed by atoms with Gasteiger partial charge >= 0.3 is 6.03 Å². The van der Waals surface area contributed by atoms with Crippen molar-refractivity contribution in [2.45, 2.75) is 38.1 Å². The van der Waals surface area contributed by atoms with Crippen LogP contribution in [0.1, 0.15) is 43.0 Å². The average Bonchev–Trinajstić information content (AvgIpc) is 2.78. The van der Waals surface area contributed by atoms with Crippen molar-refractivity contribution in [3.8, 4) is 0 Å². The number of rotatable bonds is 3. The lowest BCUT2D eigenvalue weighted by atomic mass is 9.73. The minimum Gasteiger partial charge on any atom is -0.323 e. The number of nitrogens with one attached hydrogen (secondary N) is 1. The Hall–Kier alpha value is -1.59. The third-order valence-electron chi connectivity index (χ3n) is 5.04. The summed E-state index contributed by atoms with van der Waals surface area (Å²) in [4.78, 5) is 38.6. The van der Waals surface area contributed by atoms with Gasteiger partial charge in [-0.25, -0.2) is 4.79 Å². The monoisotopic (exact) mass is 368 g/mol. The minimum atomic E-state index is -0.854. The van der Waals surface area contributed by atoms with E-state index < -0.39 is 11.6 Å². The molecule has 0 radical (unpaired) electrons. The molecule has 1 saturated carbocycles. The number of hydrogen-bond acceptors (Lipinski definition) is 3. The van der Waals surface area contributed by atoms with Crippen LogP contribution in [0.25, 0.3) is 0 Å². The van der Waals surface area contributed by atoms with E-state index in [1.54, 1.807) is 0 Å². The Bertz CT molecular complexity index is 722. The predicted octanol–water partition coefficient (Wildman–Crippen LogP) is 3.68. The van der Waals surface area contributed by atoms with Crippen LogP contribution >= 0.6 is 23.2 Å². The van der Waals surface area contributed by atoms with Crippen molar-refractivity contribution in [1.82, 2.24) is 10.2 Å². The standard InChI is InChI=1S/C17H18Cl2N2O3/c1-10-4-2-3-7-17(10)15(23)21(16(24)20-17)9-14(22)11-5-6-12(18)13(19)8-11/h5-6,8,10H,2-4,7,9H2,1H3,(H,20,24)/t10-,17-/m0/s1. The first kappa shape index (κ1) is 17.2. The van der Waals surface area contributed by atoms with Crippen molar-refractivity contribution in [2.75, 3.05) is 6.54 Å². The molecule has 3 rings (SSSR count). The Morgan fingerprint density at radius 2 is 2.04 bits per heavy atom. The molecule has 1 aliphatic carbocycles. The van der Waals surface area contributed by atoms with Crippen LogP contribution in [-0.2, 0) is 4.79 Å². The van der Waals surface area contributed by atoms with E-state index in [1.807, 2.05) is 6.92 Å². The molecule has 0 bridgehead atoms. The van der Waals surface area contributed by atoms with E-state index in [0.29, 0.717) is 17.0 Å². The van der Waals surface area contributed by atoms with Crippen LogP contribution in [0.5, 0.6) is 0 Å². The Morgan fingerprint density at radius 1 is 1.29 bits per heavy atom. The molecule has 2 atom stereocenters. The highest BCUT2D eigenvalue weighted by molar-refractivity contribution is 6.42. The van der Waals surface area contributed by atoms with Crippen LogP contribution in [0, 0.1) is 5.92 Å². The van der Waals surface area contributed by atoms with Crippen LogP contribution in [0.2, 0.25) is 10.0 Å². The van der Waals surface area contributed by atoms with Gasteiger partial charge in [0.2, 0.25) is 0 Å². The first-order valence-corrected chi connectivity index (χ1v) is 8.73. The second-order valence-electron chi connectivity index (χ2n) is 6.49. The summed E-state index contributed by atoms with van der Waals surface area (Å²) in [6, 6.07) is 4.01. The summed E-state index contributed by atoms with van der Waals surface area (Å²) in [7, 11) is 0. The third-order valence-corrected chi connectivity index (χ3v) is 5.78. The molecule has 128 valence electrons. The normalized spacial score (nSPS) is 26.8. The van der Waals surface area contributed by atoms with Crippen molar-refractivity contribution in [1.29, 1.82) is 0 Å². The van der Waals surface area contributed by atoms with E-state index in [4.69, 9.17) is 23.2 Å². The van der Waals surface area contributed by atoms with Gasteiger partial charge in [-0.1, -0.05) is 43.0 Å². The summed E-state index contributed by atoms with van der Waals surface area (Å²) >= 11 is 11.8. The van der Waals surface area contributed by atoms with Crippen LogP contribution in [-0.4, -0.2) is 34.7 Å². The van der Waals surface area contributed by atoms with Gasteiger partial charge in [-0.2, -0.15) is 0 Å². The molecule has 1 N–H and O–H groups in total. The van der Waals surface area contributed by atoms with Crippen molar-refractivity contribution < 1.29 is 14.4 Å². The summed E-state index contributed by atoms with van der Waals surface area (Å²) in [5.74, 6) is -0.585. The first-order chi connectivity index (χ1) is 11.3. The number of ketones is 1. The lowest BCUT2D eigenvalue weighted by Crippen LogP contribution is -2.54. The van der Waals surface area contributed by atoms with E-state index in [1.165, 1.54) is 18.2 Å². The second kappa shape index (κ2) is 6.37. The smallest absolute Gasteiger partial charge is 0.323 e. The maximum Gasteiger partial charge on any atom is 0.325 e. The molecule has 0 aromatic heterocycles. The molecule has 0 unspecified atom stereocenters. The Morgan fingerprint density at radius 3 is 2.71 bits per heavy atom. The number of carbonyl (C=O) groups is 3. The molecule has 1 aromatic carbocycles. The van der Waals surface area contributed by atoms with Gasteiger partial charge in [0.25, 0.3) is 5.91 Å². The Labute approximate surface area is 150 Å². The van der Waals surface area contributed by atoms with Gasteiger partial charge in [0.1, 0.15) is 5.54 Å². The molecule has 5 nitrogen and oxygen atoms in total. The van der Waals surface area contributed by atoms with Gasteiger partial charge in [0, 0.05) is 5.56 Å². The first-order valence-electron chi connectivity index (χ1n) is 7.97. The number of carbonyl (C=O) groups excluding carboxylic acids is 3. The zero-order chi connectivity index (χ0) is 17.5. The molecule has 1 aromatic rings. The maximum absolute atomic E-state index is 12.8. The lowest BCUT2D eigenvalue weighted by molar-refractivity contribution is -0.133. The summed E-state index contributed by atoms with van der Waals surface area (Å²) < 4.78 is 0. The Kier molecular flexibility index (Phi) is 4.58. The molecule has 1 aliphatic heterocycles. The fraction of sp³-hybridized carbons (Fsp3) is 0.471. The van der Waals surface area contributed by atoms with Gasteiger partial charge in [-0.05, 0) is 37.0 Å². The van der Waals surface area contributed by atoms with Gasteiger partial charge < -0.3 is 5.32 Å². The molecule has 1 spiro atoms. The van der Waals surface area contributed by atoms with Crippen molar-refractivity contribution >= 4 is 40.9 Å². The number of benzene rings is 1. The largest absolute Gasteiger partial charge is 0.325 e. The SMILES string of the molecule is C[C@H]1CCCC[C@]12NC(=O)N(CC(=O)c1ccc(Cl)c(Cl)c1)C2=O. The molecule has 3 amide bonds. The maximum atomic E-state index is 12.8. The summed E-state index contributed by atoms with van der Waals surface area (Å²) in [5, 5.41) is 3.44. The number of urea groups is 1. The topological polar surface area (TPSA) is 66.5 Å². The number of nitrogens with zero attached hydrogens (tertiary/aromatic N) is 1. The molecule has 1 heterocycles. The highest BCUT2D eigenvalue weighted by Gasteiger charge is 2.55. The third kappa shape index (κ3) is 2.80. The molecule has 2 aliphatic rings. The van der Waals surface area contributed by atoms with Gasteiger partial charge in [0.15, 0.2) is 5.78 Å². The van der Waals surface area contributed by atoms with Gasteiger partial charge in [0.05, 0.1) is 16.6 Å². The van der Waals surface area contributed by atoms with Crippen molar-refractivity contribution in [2.24, 2.45) is 5.92 Å². The van der Waals surface area contributed by atoms with Crippen molar-refractivity contribution in [3.05, 3.63) is 33.8 Å². The van der Waals surface area contributed by atoms with Crippen molar-refractivity contribution in [3.63, 3.8) is 0 Å². The number of halogens is 2. The summed E-state index contributed by atoms with van der Waals surface area (Å²) in [6.45, 7) is 1.68. The highest BCUT2D eigenvalue weighted by atomic mass is 35.5. The average molecular weight is 369 g/mol. The molecular formula is C17H18Cl2N2O3. The van der Waals surface area contributed by atoms with Crippen LogP contribution in [0.3, 0.4) is 0 Å². The summed E-state index contributed by atoms with van der Waals surface area (Å²) in [5.41, 5.74) is -0.532. The zero-order valence-corrected chi connectivity index (χ0v) is 14.8. The van der Waals surface area contributed by atoms with Crippen LogP contribution in [0.15, 0.2) is 18.2 Å². The quantitative estimate of drug-likeness (QED) is 0.653. The molecule has 1 saturated heterocycles. The van der Waals surface area contributed by atoms with Gasteiger partial charge in [-0.15, -0.1) is 0 Å². The number of Topliss-reactive ketones (excluding diaryl/α,β-unsaturated/α-hetero) is 1. The van der Waals surface area contributed by atoms with Gasteiger partial charge in [-0.3, -0.25) is 14.5 Å². The second-order valence-corrected chi connectivity index (χ2v) is 7.31. The van der Waals surface area contributed by atoms with E-state index in [0.717, 1.165) is 24.2 Å². The minimum absolute atomic E-state index is 0.0628. The molecule has 2 fully saturated rings. The number of imide groups is 1. The molecule has 7 heteroatoms. The Balaban J connectivity index is 1.80. The van der Waals surface area contributed by atoms with E-state index in [-0.39, 0.29) is 29.2 Å². The number of amides is 3. The fourth-order valence-corrected chi connectivity index (χ4v) is 3.84. The van der Waals surface area contributed by atoms with Crippen LogP contribution < -0.4 is 5.32 Å². The predicted molar refractivity (Wildman–Crippen MR) is 91.4 cm³/mol. The van der Waals surface area contributed by atoms with E-state index in [2.05, 4.69) is 5.32 Å². The van der Waals surface area contributed by atoms with Crippen LogP contribution in [0.4, 0.5) is 4.79 Å². The molecule has 24 heavy (non-hydrogen) atoms. The summed E-state index contributed by atoms with van der Waals surface area (Å²) in [6.07, 6.45) is 3.45.